The van der Waals surface area contributed by atoms with Crippen molar-refractivity contribution in [2.75, 3.05) is 19.0 Å². The highest BCUT2D eigenvalue weighted by Crippen LogP contribution is 2.22. The number of carbonyl (C=O) groups is 1. The maximum absolute atomic E-state index is 12.2. The Hall–Kier alpha value is -1.84. The summed E-state index contributed by atoms with van der Waals surface area (Å²) in [5, 5.41) is 10.6. The Morgan fingerprint density at radius 1 is 1.15 bits per heavy atom. The largest absolute Gasteiger partial charge is 0.380 e. The first-order chi connectivity index (χ1) is 9.49. The fourth-order valence-electron chi connectivity index (χ4n) is 1.91. The summed E-state index contributed by atoms with van der Waals surface area (Å²) in [6, 6.07) is 13.8. The number of rotatable bonds is 4. The smallest absolute Gasteiger partial charge is 0.195 e. The van der Waals surface area contributed by atoms with Crippen molar-refractivity contribution in [3.8, 4) is 0 Å². The van der Waals surface area contributed by atoms with Gasteiger partial charge in [-0.3, -0.25) is 4.79 Å². The minimum absolute atomic E-state index is 0.336. The second-order valence-electron chi connectivity index (χ2n) is 4.76. The first kappa shape index (κ1) is 14.6. The Kier molecular flexibility index (Phi) is 4.42. The molecule has 0 aliphatic rings. The zero-order valence-corrected chi connectivity index (χ0v) is 12.1. The number of hydrogen-bond acceptors (Lipinski definition) is 3. The van der Waals surface area contributed by atoms with Gasteiger partial charge in [-0.25, -0.2) is 0 Å². The third-order valence-electron chi connectivity index (χ3n) is 3.08. The van der Waals surface area contributed by atoms with Crippen LogP contribution in [0.5, 0.6) is 0 Å². The van der Waals surface area contributed by atoms with Crippen molar-refractivity contribution in [3.63, 3.8) is 0 Å². The molecule has 2 aromatic carbocycles. The van der Waals surface area contributed by atoms with Crippen LogP contribution in [0, 0.1) is 0 Å². The average molecular weight is 290 g/mol. The van der Waals surface area contributed by atoms with Crippen LogP contribution in [0.15, 0.2) is 48.5 Å². The summed E-state index contributed by atoms with van der Waals surface area (Å²) < 4.78 is 0. The van der Waals surface area contributed by atoms with E-state index in [2.05, 4.69) is 0 Å². The van der Waals surface area contributed by atoms with Crippen molar-refractivity contribution >= 4 is 23.1 Å². The van der Waals surface area contributed by atoms with Crippen LogP contribution < -0.4 is 4.90 Å². The molecule has 104 valence electrons. The summed E-state index contributed by atoms with van der Waals surface area (Å²) in [6.07, 6.45) is -1.20. The predicted molar refractivity (Wildman–Crippen MR) is 81.5 cm³/mol. The number of anilines is 1. The van der Waals surface area contributed by atoms with Crippen LogP contribution in [0.1, 0.15) is 22.0 Å². The molecule has 2 rings (SSSR count). The number of aliphatic hydroxyl groups excluding tert-OH is 1. The minimum atomic E-state index is -1.20. The zero-order chi connectivity index (χ0) is 14.7. The number of nitrogens with zero attached hydrogens (tertiary/aromatic N) is 1. The molecular formula is C16H16ClNO2. The summed E-state index contributed by atoms with van der Waals surface area (Å²) >= 11 is 5.87. The maximum Gasteiger partial charge on any atom is 0.195 e. The lowest BCUT2D eigenvalue weighted by Crippen LogP contribution is -2.13. The fraction of sp³-hybridized carbons (Fsp3) is 0.188. The van der Waals surface area contributed by atoms with Crippen molar-refractivity contribution in [2.24, 2.45) is 0 Å². The fourth-order valence-corrected chi connectivity index (χ4v) is 2.11. The highest BCUT2D eigenvalue weighted by Gasteiger charge is 2.19. The highest BCUT2D eigenvalue weighted by atomic mass is 35.5. The van der Waals surface area contributed by atoms with Gasteiger partial charge >= 0.3 is 0 Å². The maximum atomic E-state index is 12.2. The molecule has 0 aliphatic heterocycles. The normalized spacial score (nSPS) is 12.0. The van der Waals surface area contributed by atoms with Crippen LogP contribution in [0.25, 0.3) is 0 Å². The lowest BCUT2D eigenvalue weighted by Gasteiger charge is -2.14. The first-order valence-electron chi connectivity index (χ1n) is 6.24. The first-order valence-corrected chi connectivity index (χ1v) is 6.62. The predicted octanol–water partition coefficient (Wildman–Crippen LogP) is 3.32. The van der Waals surface area contributed by atoms with Crippen molar-refractivity contribution in [2.45, 2.75) is 6.10 Å². The number of benzene rings is 2. The SMILES string of the molecule is CN(C)c1ccc(C(=O)C(O)c2cccc(Cl)c2)cc1. The van der Waals surface area contributed by atoms with Crippen LogP contribution in [-0.4, -0.2) is 25.0 Å². The van der Waals surface area contributed by atoms with Gasteiger partial charge in [0, 0.05) is 30.4 Å². The molecule has 1 N–H and O–H groups in total. The second kappa shape index (κ2) is 6.07. The summed E-state index contributed by atoms with van der Waals surface area (Å²) in [7, 11) is 3.86. The summed E-state index contributed by atoms with van der Waals surface area (Å²) in [5.41, 5.74) is 1.97. The molecule has 0 fully saturated rings. The van der Waals surface area contributed by atoms with E-state index in [1.165, 1.54) is 0 Å². The van der Waals surface area contributed by atoms with E-state index >= 15 is 0 Å². The Morgan fingerprint density at radius 2 is 1.80 bits per heavy atom. The lowest BCUT2D eigenvalue weighted by molar-refractivity contribution is 0.0747. The molecule has 1 unspecified atom stereocenters. The van der Waals surface area contributed by atoms with Crippen LogP contribution in [0.2, 0.25) is 5.02 Å². The molecule has 20 heavy (non-hydrogen) atoms. The van der Waals surface area contributed by atoms with E-state index in [4.69, 9.17) is 11.6 Å². The van der Waals surface area contributed by atoms with Gasteiger partial charge in [0.25, 0.3) is 0 Å². The monoisotopic (exact) mass is 289 g/mol. The van der Waals surface area contributed by atoms with E-state index in [-0.39, 0.29) is 5.78 Å². The van der Waals surface area contributed by atoms with Gasteiger partial charge in [-0.2, -0.15) is 0 Å². The third-order valence-corrected chi connectivity index (χ3v) is 3.32. The molecule has 0 bridgehead atoms. The van der Waals surface area contributed by atoms with Crippen LogP contribution in [0.4, 0.5) is 5.69 Å². The minimum Gasteiger partial charge on any atom is -0.380 e. The summed E-state index contributed by atoms with van der Waals surface area (Å²) in [4.78, 5) is 14.2. The molecule has 3 nitrogen and oxygen atoms in total. The van der Waals surface area contributed by atoms with Crippen molar-refractivity contribution in [1.82, 2.24) is 0 Å². The second-order valence-corrected chi connectivity index (χ2v) is 5.20. The van der Waals surface area contributed by atoms with Gasteiger partial charge in [-0.1, -0.05) is 23.7 Å². The number of Topliss-reactive ketones (excluding diaryl/α,β-unsaturated/α-hetero) is 1. The molecule has 0 saturated heterocycles. The molecule has 0 aromatic heterocycles. The van der Waals surface area contributed by atoms with E-state index in [1.54, 1.807) is 36.4 Å². The summed E-state index contributed by atoms with van der Waals surface area (Å²) in [5.74, 6) is -0.336. The molecule has 0 radical (unpaired) electrons. The number of ketones is 1. The molecule has 0 spiro atoms. The van der Waals surface area contributed by atoms with Gasteiger partial charge in [-0.15, -0.1) is 0 Å². The van der Waals surface area contributed by atoms with E-state index < -0.39 is 6.10 Å². The van der Waals surface area contributed by atoms with Gasteiger partial charge in [-0.05, 0) is 42.0 Å². The van der Waals surface area contributed by atoms with Crippen LogP contribution >= 0.6 is 11.6 Å². The quantitative estimate of drug-likeness (QED) is 0.878. The lowest BCUT2D eigenvalue weighted by atomic mass is 10.00. The standard InChI is InChI=1S/C16H16ClNO2/c1-18(2)14-8-6-11(7-9-14)15(19)16(20)12-4-3-5-13(17)10-12/h3-10,16,20H,1-2H3. The van der Waals surface area contributed by atoms with E-state index in [9.17, 15) is 9.90 Å². The van der Waals surface area contributed by atoms with Crippen LogP contribution in [-0.2, 0) is 0 Å². The van der Waals surface area contributed by atoms with Crippen molar-refractivity contribution < 1.29 is 9.90 Å². The van der Waals surface area contributed by atoms with Gasteiger partial charge in [0.15, 0.2) is 5.78 Å². The molecule has 0 saturated carbocycles. The topological polar surface area (TPSA) is 40.5 Å². The van der Waals surface area contributed by atoms with E-state index in [1.807, 2.05) is 31.1 Å². The Morgan fingerprint density at radius 3 is 2.35 bits per heavy atom. The molecule has 4 heteroatoms. The number of hydrogen-bond donors (Lipinski definition) is 1. The van der Waals surface area contributed by atoms with Crippen molar-refractivity contribution in [3.05, 3.63) is 64.7 Å². The van der Waals surface area contributed by atoms with Gasteiger partial charge in [0.1, 0.15) is 6.10 Å². The van der Waals surface area contributed by atoms with Crippen molar-refractivity contribution in [1.29, 1.82) is 0 Å². The Labute approximate surface area is 123 Å². The Bertz CT molecular complexity index is 608. The van der Waals surface area contributed by atoms with E-state index in [0.717, 1.165) is 5.69 Å². The molecule has 0 heterocycles. The average Bonchev–Trinajstić information content (AvgIpc) is 2.46. The molecule has 1 atom stereocenters. The molecular weight excluding hydrogens is 274 g/mol. The van der Waals surface area contributed by atoms with E-state index in [0.29, 0.717) is 16.1 Å². The Balaban J connectivity index is 2.22. The van der Waals surface area contributed by atoms with Gasteiger partial charge in [0.05, 0.1) is 0 Å². The molecule has 0 amide bonds. The molecule has 0 aliphatic carbocycles. The zero-order valence-electron chi connectivity index (χ0n) is 11.4. The number of halogens is 1. The van der Waals surface area contributed by atoms with Crippen LogP contribution in [0.3, 0.4) is 0 Å². The highest BCUT2D eigenvalue weighted by molar-refractivity contribution is 6.30. The van der Waals surface area contributed by atoms with Gasteiger partial charge in [0.2, 0.25) is 0 Å². The summed E-state index contributed by atoms with van der Waals surface area (Å²) in [6.45, 7) is 0. The number of aliphatic hydroxyl groups is 1. The third kappa shape index (κ3) is 3.18. The molecule has 2 aromatic rings. The number of carbonyl (C=O) groups excluding carboxylic acids is 1. The van der Waals surface area contributed by atoms with Gasteiger partial charge < -0.3 is 10.0 Å².